The SMILES string of the molecule is NC1=NCNC(C2=CC=NCC=C2)=N1. The number of rotatable bonds is 1. The summed E-state index contributed by atoms with van der Waals surface area (Å²) < 4.78 is 0. The van der Waals surface area contributed by atoms with Crippen molar-refractivity contribution < 1.29 is 0 Å². The van der Waals surface area contributed by atoms with Crippen molar-refractivity contribution in [3.8, 4) is 0 Å². The molecule has 0 aromatic carbocycles. The van der Waals surface area contributed by atoms with Crippen molar-refractivity contribution in [1.29, 1.82) is 0 Å². The lowest BCUT2D eigenvalue weighted by Gasteiger charge is -2.12. The van der Waals surface area contributed by atoms with Gasteiger partial charge in [0.2, 0.25) is 5.96 Å². The third kappa shape index (κ3) is 1.87. The maximum Gasteiger partial charge on any atom is 0.219 e. The lowest BCUT2D eigenvalue weighted by atomic mass is 10.2. The van der Waals surface area contributed by atoms with Crippen LogP contribution in [0.3, 0.4) is 0 Å². The van der Waals surface area contributed by atoms with E-state index in [1.807, 2.05) is 18.2 Å². The molecule has 0 aromatic rings. The number of hydrogen-bond donors (Lipinski definition) is 2. The summed E-state index contributed by atoms with van der Waals surface area (Å²) in [5.74, 6) is 1.07. The number of guanidine groups is 1. The molecule has 2 rings (SSSR count). The van der Waals surface area contributed by atoms with Gasteiger partial charge in [0, 0.05) is 11.8 Å². The zero-order valence-electron chi connectivity index (χ0n) is 7.64. The van der Waals surface area contributed by atoms with Crippen LogP contribution in [0.4, 0.5) is 0 Å². The second-order valence-corrected chi connectivity index (χ2v) is 2.85. The van der Waals surface area contributed by atoms with Crippen molar-refractivity contribution in [1.82, 2.24) is 5.32 Å². The average Bonchev–Trinajstić information content (AvgIpc) is 2.45. The molecule has 2 aliphatic heterocycles. The topological polar surface area (TPSA) is 75.1 Å². The maximum absolute atomic E-state index is 5.51. The van der Waals surface area contributed by atoms with Gasteiger partial charge in [-0.1, -0.05) is 12.2 Å². The molecule has 5 nitrogen and oxygen atoms in total. The Kier molecular flexibility index (Phi) is 2.40. The lowest BCUT2D eigenvalue weighted by molar-refractivity contribution is 0.902. The molecule has 0 radical (unpaired) electrons. The van der Waals surface area contributed by atoms with Crippen LogP contribution in [0.2, 0.25) is 0 Å². The summed E-state index contributed by atoms with van der Waals surface area (Å²) in [4.78, 5) is 12.1. The fourth-order valence-electron chi connectivity index (χ4n) is 1.20. The summed E-state index contributed by atoms with van der Waals surface area (Å²) in [5.41, 5.74) is 6.48. The van der Waals surface area contributed by atoms with Crippen LogP contribution in [0, 0.1) is 0 Å². The van der Waals surface area contributed by atoms with Gasteiger partial charge >= 0.3 is 0 Å². The zero-order chi connectivity index (χ0) is 9.80. The molecular weight excluding hydrogens is 178 g/mol. The van der Waals surface area contributed by atoms with E-state index >= 15 is 0 Å². The third-order valence-corrected chi connectivity index (χ3v) is 1.86. The summed E-state index contributed by atoms with van der Waals surface area (Å²) in [6, 6.07) is 0. The van der Waals surface area contributed by atoms with E-state index in [1.54, 1.807) is 6.21 Å². The molecule has 0 saturated carbocycles. The van der Waals surface area contributed by atoms with E-state index in [0.717, 1.165) is 11.4 Å². The van der Waals surface area contributed by atoms with Crippen LogP contribution in [0.15, 0.2) is 38.8 Å². The number of aliphatic imine (C=N–C) groups is 3. The van der Waals surface area contributed by atoms with Crippen molar-refractivity contribution in [3.63, 3.8) is 0 Å². The number of nitrogens with two attached hydrogens (primary N) is 1. The second kappa shape index (κ2) is 3.87. The largest absolute Gasteiger partial charge is 0.368 e. The molecule has 3 N–H and O–H groups in total. The summed E-state index contributed by atoms with van der Waals surface area (Å²) in [7, 11) is 0. The van der Waals surface area contributed by atoms with E-state index in [1.165, 1.54) is 0 Å². The molecule has 2 aliphatic rings. The van der Waals surface area contributed by atoms with Gasteiger partial charge in [-0.05, 0) is 6.08 Å². The third-order valence-electron chi connectivity index (χ3n) is 1.86. The van der Waals surface area contributed by atoms with Gasteiger partial charge in [0.15, 0.2) is 0 Å². The Labute approximate surface area is 81.8 Å². The standard InChI is InChI=1S/C9H11N5/c10-9-13-6-12-8(14-9)7-2-1-4-11-5-3-7/h1-3,5H,4,6H2,(H3,10,12,13,14). The first kappa shape index (κ1) is 8.68. The van der Waals surface area contributed by atoms with Crippen molar-refractivity contribution >= 4 is 18.0 Å². The first-order chi connectivity index (χ1) is 6.86. The summed E-state index contributed by atoms with van der Waals surface area (Å²) in [6.07, 6.45) is 7.61. The van der Waals surface area contributed by atoms with E-state index in [4.69, 9.17) is 5.73 Å². The minimum absolute atomic E-state index is 0.314. The first-order valence-electron chi connectivity index (χ1n) is 4.36. The predicted octanol–water partition coefficient (Wildman–Crippen LogP) is -0.173. The van der Waals surface area contributed by atoms with Crippen LogP contribution in [-0.2, 0) is 0 Å². The zero-order valence-corrected chi connectivity index (χ0v) is 7.64. The lowest BCUT2D eigenvalue weighted by Crippen LogP contribution is -2.32. The molecule has 0 atom stereocenters. The van der Waals surface area contributed by atoms with Crippen LogP contribution >= 0.6 is 0 Å². The number of hydrogen-bond acceptors (Lipinski definition) is 5. The van der Waals surface area contributed by atoms with E-state index in [-0.39, 0.29) is 0 Å². The minimum Gasteiger partial charge on any atom is -0.368 e. The van der Waals surface area contributed by atoms with Gasteiger partial charge in [-0.25, -0.2) is 4.99 Å². The Morgan fingerprint density at radius 1 is 1.43 bits per heavy atom. The predicted molar refractivity (Wildman–Crippen MR) is 57.6 cm³/mol. The Morgan fingerprint density at radius 2 is 2.36 bits per heavy atom. The first-order valence-corrected chi connectivity index (χ1v) is 4.36. The van der Waals surface area contributed by atoms with E-state index < -0.39 is 0 Å². The fraction of sp³-hybridized carbons (Fsp3) is 0.222. The minimum atomic E-state index is 0.314. The number of allylic oxidation sites excluding steroid dienone is 1. The molecule has 0 bridgehead atoms. The summed E-state index contributed by atoms with van der Waals surface area (Å²) >= 11 is 0. The Balaban J connectivity index is 2.26. The molecule has 0 aliphatic carbocycles. The maximum atomic E-state index is 5.51. The van der Waals surface area contributed by atoms with Crippen LogP contribution in [0.5, 0.6) is 0 Å². The normalized spacial score (nSPS) is 20.4. The fourth-order valence-corrected chi connectivity index (χ4v) is 1.20. The highest BCUT2D eigenvalue weighted by atomic mass is 15.2. The van der Waals surface area contributed by atoms with Gasteiger partial charge in [-0.15, -0.1) is 0 Å². The van der Waals surface area contributed by atoms with E-state index in [9.17, 15) is 0 Å². The van der Waals surface area contributed by atoms with Gasteiger partial charge in [0.25, 0.3) is 0 Å². The van der Waals surface area contributed by atoms with E-state index in [0.29, 0.717) is 19.2 Å². The van der Waals surface area contributed by atoms with Gasteiger partial charge < -0.3 is 11.1 Å². The molecule has 14 heavy (non-hydrogen) atoms. The molecular formula is C9H11N5. The van der Waals surface area contributed by atoms with Crippen LogP contribution in [0.25, 0.3) is 0 Å². The van der Waals surface area contributed by atoms with Gasteiger partial charge in [-0.2, -0.15) is 4.99 Å². The van der Waals surface area contributed by atoms with Crippen LogP contribution in [0.1, 0.15) is 0 Å². The van der Waals surface area contributed by atoms with Crippen molar-refractivity contribution in [2.75, 3.05) is 13.2 Å². The highest BCUT2D eigenvalue weighted by Crippen LogP contribution is 2.03. The van der Waals surface area contributed by atoms with E-state index in [2.05, 4.69) is 20.3 Å². The Bertz CT molecular complexity index is 373. The van der Waals surface area contributed by atoms with Crippen molar-refractivity contribution in [3.05, 3.63) is 23.8 Å². The van der Waals surface area contributed by atoms with Gasteiger partial charge in [0.1, 0.15) is 12.5 Å². The number of nitrogens with zero attached hydrogens (tertiary/aromatic N) is 3. The van der Waals surface area contributed by atoms with Crippen LogP contribution < -0.4 is 11.1 Å². The molecule has 0 amide bonds. The monoisotopic (exact) mass is 189 g/mol. The molecule has 0 unspecified atom stereocenters. The highest BCUT2D eigenvalue weighted by molar-refractivity contribution is 6.09. The molecule has 72 valence electrons. The molecule has 0 saturated heterocycles. The molecule has 0 fully saturated rings. The second-order valence-electron chi connectivity index (χ2n) is 2.85. The van der Waals surface area contributed by atoms with Gasteiger partial charge in [0.05, 0.1) is 6.54 Å². The highest BCUT2D eigenvalue weighted by Gasteiger charge is 2.08. The summed E-state index contributed by atoms with van der Waals surface area (Å²) in [5, 5.41) is 3.05. The number of amidine groups is 1. The molecule has 0 spiro atoms. The average molecular weight is 189 g/mol. The Morgan fingerprint density at radius 3 is 3.21 bits per heavy atom. The molecule has 2 heterocycles. The molecule has 5 heteroatoms. The van der Waals surface area contributed by atoms with Crippen molar-refractivity contribution in [2.24, 2.45) is 20.7 Å². The van der Waals surface area contributed by atoms with Gasteiger partial charge in [-0.3, -0.25) is 4.99 Å². The molecule has 0 aromatic heterocycles. The summed E-state index contributed by atoms with van der Waals surface area (Å²) in [6.45, 7) is 1.18. The number of nitrogens with one attached hydrogen (secondary N) is 1. The van der Waals surface area contributed by atoms with Crippen LogP contribution in [-0.4, -0.2) is 31.2 Å². The van der Waals surface area contributed by atoms with Crippen molar-refractivity contribution in [2.45, 2.75) is 0 Å². The quantitative estimate of drug-likeness (QED) is 0.600. The smallest absolute Gasteiger partial charge is 0.219 e. The Hall–Kier alpha value is -1.91.